The SMILES string of the molecule is CCC(C(=O)O)n1cncn1. The Hall–Kier alpha value is -1.39. The number of nitrogens with zero attached hydrogens (tertiary/aromatic N) is 3. The lowest BCUT2D eigenvalue weighted by atomic mass is 10.2. The molecule has 0 bridgehead atoms. The van der Waals surface area contributed by atoms with Gasteiger partial charge in [0.15, 0.2) is 6.04 Å². The van der Waals surface area contributed by atoms with Gasteiger partial charge in [0.2, 0.25) is 0 Å². The van der Waals surface area contributed by atoms with Gasteiger partial charge in [-0.05, 0) is 6.42 Å². The molecule has 1 aromatic rings. The molecule has 1 aromatic heterocycles. The van der Waals surface area contributed by atoms with Crippen molar-refractivity contribution in [3.8, 4) is 0 Å². The van der Waals surface area contributed by atoms with Crippen LogP contribution >= 0.6 is 0 Å². The number of hydrogen-bond donors (Lipinski definition) is 1. The van der Waals surface area contributed by atoms with Crippen LogP contribution in [0.5, 0.6) is 0 Å². The van der Waals surface area contributed by atoms with Crippen molar-refractivity contribution in [1.29, 1.82) is 0 Å². The molecule has 1 atom stereocenters. The minimum absolute atomic E-state index is 0.513. The summed E-state index contributed by atoms with van der Waals surface area (Å²) in [6.07, 6.45) is 3.24. The zero-order valence-electron chi connectivity index (χ0n) is 6.14. The smallest absolute Gasteiger partial charge is 0.328 e. The van der Waals surface area contributed by atoms with E-state index < -0.39 is 12.0 Å². The third-order valence-electron chi connectivity index (χ3n) is 1.43. The van der Waals surface area contributed by atoms with Gasteiger partial charge < -0.3 is 5.11 Å². The van der Waals surface area contributed by atoms with Gasteiger partial charge in [-0.2, -0.15) is 5.10 Å². The van der Waals surface area contributed by atoms with E-state index >= 15 is 0 Å². The average molecular weight is 155 g/mol. The van der Waals surface area contributed by atoms with Gasteiger partial charge in [-0.25, -0.2) is 14.5 Å². The molecule has 11 heavy (non-hydrogen) atoms. The zero-order valence-corrected chi connectivity index (χ0v) is 6.14. The van der Waals surface area contributed by atoms with E-state index in [0.717, 1.165) is 0 Å². The van der Waals surface area contributed by atoms with E-state index in [2.05, 4.69) is 10.1 Å². The summed E-state index contributed by atoms with van der Waals surface area (Å²) in [4.78, 5) is 14.2. The van der Waals surface area contributed by atoms with Crippen molar-refractivity contribution in [1.82, 2.24) is 14.8 Å². The highest BCUT2D eigenvalue weighted by Crippen LogP contribution is 2.07. The fourth-order valence-electron chi connectivity index (χ4n) is 0.853. The van der Waals surface area contributed by atoms with E-state index in [1.165, 1.54) is 17.3 Å². The van der Waals surface area contributed by atoms with Crippen molar-refractivity contribution in [3.05, 3.63) is 12.7 Å². The highest BCUT2D eigenvalue weighted by molar-refractivity contribution is 5.71. The minimum Gasteiger partial charge on any atom is -0.480 e. The van der Waals surface area contributed by atoms with E-state index in [-0.39, 0.29) is 0 Å². The predicted molar refractivity (Wildman–Crippen MR) is 37.0 cm³/mol. The van der Waals surface area contributed by atoms with E-state index in [1.807, 2.05) is 0 Å². The maximum Gasteiger partial charge on any atom is 0.328 e. The molecule has 0 fully saturated rings. The zero-order chi connectivity index (χ0) is 8.27. The molecule has 60 valence electrons. The van der Waals surface area contributed by atoms with E-state index in [1.54, 1.807) is 6.92 Å². The molecule has 0 saturated heterocycles. The van der Waals surface area contributed by atoms with Gasteiger partial charge in [-0.15, -0.1) is 0 Å². The van der Waals surface area contributed by atoms with Crippen molar-refractivity contribution in [2.75, 3.05) is 0 Å². The summed E-state index contributed by atoms with van der Waals surface area (Å²) in [6, 6.07) is -0.586. The highest BCUT2D eigenvalue weighted by Gasteiger charge is 2.16. The first-order valence-electron chi connectivity index (χ1n) is 3.32. The van der Waals surface area contributed by atoms with Crippen molar-refractivity contribution >= 4 is 5.97 Å². The number of rotatable bonds is 3. The lowest BCUT2D eigenvalue weighted by Crippen LogP contribution is -2.18. The van der Waals surface area contributed by atoms with Crippen molar-refractivity contribution in [3.63, 3.8) is 0 Å². The molecule has 1 N–H and O–H groups in total. The monoisotopic (exact) mass is 155 g/mol. The van der Waals surface area contributed by atoms with Crippen LogP contribution in [0, 0.1) is 0 Å². The largest absolute Gasteiger partial charge is 0.480 e. The second kappa shape index (κ2) is 3.14. The van der Waals surface area contributed by atoms with Crippen LogP contribution in [0.4, 0.5) is 0 Å². The minimum atomic E-state index is -0.877. The molecule has 0 spiro atoms. The Kier molecular flexibility index (Phi) is 2.20. The molecule has 0 radical (unpaired) electrons. The highest BCUT2D eigenvalue weighted by atomic mass is 16.4. The van der Waals surface area contributed by atoms with Gasteiger partial charge in [0, 0.05) is 0 Å². The molecule has 5 nitrogen and oxygen atoms in total. The second-order valence-electron chi connectivity index (χ2n) is 2.14. The van der Waals surface area contributed by atoms with Gasteiger partial charge in [-0.1, -0.05) is 6.92 Å². The Labute approximate surface area is 63.7 Å². The van der Waals surface area contributed by atoms with Crippen LogP contribution in [0.2, 0.25) is 0 Å². The van der Waals surface area contributed by atoms with E-state index in [9.17, 15) is 4.79 Å². The fraction of sp³-hybridized carbons (Fsp3) is 0.500. The third kappa shape index (κ3) is 1.54. The number of aromatic nitrogens is 3. The van der Waals surface area contributed by atoms with Crippen LogP contribution in [0.1, 0.15) is 19.4 Å². The number of aliphatic carboxylic acids is 1. The quantitative estimate of drug-likeness (QED) is 0.682. The van der Waals surface area contributed by atoms with Crippen molar-refractivity contribution in [2.24, 2.45) is 0 Å². The van der Waals surface area contributed by atoms with E-state index in [0.29, 0.717) is 6.42 Å². The Morgan fingerprint density at radius 1 is 1.82 bits per heavy atom. The predicted octanol–water partition coefficient (Wildman–Crippen LogP) is 0.314. The lowest BCUT2D eigenvalue weighted by molar-refractivity contribution is -0.141. The van der Waals surface area contributed by atoms with Crippen LogP contribution in [-0.2, 0) is 4.79 Å². The molecule has 1 rings (SSSR count). The normalized spacial score (nSPS) is 12.8. The van der Waals surface area contributed by atoms with Crippen LogP contribution in [0.15, 0.2) is 12.7 Å². The van der Waals surface area contributed by atoms with Crippen molar-refractivity contribution in [2.45, 2.75) is 19.4 Å². The third-order valence-corrected chi connectivity index (χ3v) is 1.43. The topological polar surface area (TPSA) is 68.0 Å². The molecular weight excluding hydrogens is 146 g/mol. The summed E-state index contributed by atoms with van der Waals surface area (Å²) in [6.45, 7) is 1.79. The number of carboxylic acids is 1. The molecule has 1 heterocycles. The van der Waals surface area contributed by atoms with Crippen LogP contribution in [-0.4, -0.2) is 25.8 Å². The van der Waals surface area contributed by atoms with Crippen LogP contribution < -0.4 is 0 Å². The van der Waals surface area contributed by atoms with Gasteiger partial charge in [0.05, 0.1) is 0 Å². The number of carbonyl (C=O) groups is 1. The molecular formula is C6H9N3O2. The Bertz CT molecular complexity index is 232. The first-order chi connectivity index (χ1) is 5.25. The first-order valence-corrected chi connectivity index (χ1v) is 3.32. The molecule has 0 aliphatic rings. The standard InChI is InChI=1S/C6H9N3O2/c1-2-5(6(10)11)9-4-7-3-8-9/h3-5H,2H2,1H3,(H,10,11). The Balaban J connectivity index is 2.79. The van der Waals surface area contributed by atoms with E-state index in [4.69, 9.17) is 5.11 Å². The molecule has 0 aliphatic heterocycles. The molecule has 0 aliphatic carbocycles. The van der Waals surface area contributed by atoms with Crippen LogP contribution in [0.3, 0.4) is 0 Å². The summed E-state index contributed by atoms with van der Waals surface area (Å²) >= 11 is 0. The molecule has 0 amide bonds. The Morgan fingerprint density at radius 3 is 2.91 bits per heavy atom. The maximum atomic E-state index is 10.5. The first kappa shape index (κ1) is 7.71. The Morgan fingerprint density at radius 2 is 2.55 bits per heavy atom. The average Bonchev–Trinajstić information content (AvgIpc) is 2.40. The summed E-state index contributed by atoms with van der Waals surface area (Å²) in [5.41, 5.74) is 0. The maximum absolute atomic E-state index is 10.5. The summed E-state index contributed by atoms with van der Waals surface area (Å²) in [5, 5.41) is 12.4. The van der Waals surface area contributed by atoms with Gasteiger partial charge >= 0.3 is 5.97 Å². The van der Waals surface area contributed by atoms with Crippen molar-refractivity contribution < 1.29 is 9.90 Å². The van der Waals surface area contributed by atoms with Gasteiger partial charge in [0.1, 0.15) is 12.7 Å². The summed E-state index contributed by atoms with van der Waals surface area (Å²) in [5.74, 6) is -0.877. The van der Waals surface area contributed by atoms with Crippen LogP contribution in [0.25, 0.3) is 0 Å². The van der Waals surface area contributed by atoms with Gasteiger partial charge in [0.25, 0.3) is 0 Å². The lowest BCUT2D eigenvalue weighted by Gasteiger charge is -2.07. The second-order valence-corrected chi connectivity index (χ2v) is 2.14. The number of carboxylic acid groups (broad SMARTS) is 1. The fourth-order valence-corrected chi connectivity index (χ4v) is 0.853. The summed E-state index contributed by atoms with van der Waals surface area (Å²) < 4.78 is 1.34. The van der Waals surface area contributed by atoms with Gasteiger partial charge in [-0.3, -0.25) is 0 Å². The molecule has 5 heteroatoms. The molecule has 0 saturated carbocycles. The summed E-state index contributed by atoms with van der Waals surface area (Å²) in [7, 11) is 0. The molecule has 1 unspecified atom stereocenters. The molecule has 0 aromatic carbocycles. The number of hydrogen-bond acceptors (Lipinski definition) is 3.